The first-order chi connectivity index (χ1) is 10.3. The highest BCUT2D eigenvalue weighted by atomic mass is 16.5. The second-order valence-corrected chi connectivity index (χ2v) is 5.96. The number of aryl methyl sites for hydroxylation is 1. The van der Waals surface area contributed by atoms with Crippen molar-refractivity contribution in [1.82, 2.24) is 9.55 Å². The number of nitrogens with two attached hydrogens (primary N) is 1. The van der Waals surface area contributed by atoms with Crippen LogP contribution >= 0.6 is 0 Å². The smallest absolute Gasteiger partial charge is 0.121 e. The van der Waals surface area contributed by atoms with Gasteiger partial charge in [0.15, 0.2) is 0 Å². The molecule has 1 saturated carbocycles. The average molecular weight is 287 g/mol. The van der Waals surface area contributed by atoms with E-state index in [1.54, 1.807) is 7.11 Å². The highest BCUT2D eigenvalue weighted by molar-refractivity contribution is 5.78. The Kier molecular flexibility index (Phi) is 4.15. The van der Waals surface area contributed by atoms with Gasteiger partial charge in [-0.3, -0.25) is 0 Å². The SMILES string of the molecule is CCn1c(C2CCCCC2CN)nc2cc(OC)ccc21. The minimum atomic E-state index is 0.502. The fourth-order valence-electron chi connectivity index (χ4n) is 3.70. The quantitative estimate of drug-likeness (QED) is 0.938. The molecule has 0 spiro atoms. The number of benzene rings is 1. The van der Waals surface area contributed by atoms with Crippen molar-refractivity contribution >= 4 is 11.0 Å². The van der Waals surface area contributed by atoms with Crippen molar-refractivity contribution in [2.75, 3.05) is 13.7 Å². The van der Waals surface area contributed by atoms with Gasteiger partial charge in [0.1, 0.15) is 11.6 Å². The molecule has 21 heavy (non-hydrogen) atoms. The summed E-state index contributed by atoms with van der Waals surface area (Å²) >= 11 is 0. The fraction of sp³-hybridized carbons (Fsp3) is 0.588. The molecule has 2 atom stereocenters. The van der Waals surface area contributed by atoms with E-state index in [1.165, 1.54) is 37.0 Å². The van der Waals surface area contributed by atoms with Crippen LogP contribution in [0, 0.1) is 5.92 Å². The van der Waals surface area contributed by atoms with E-state index in [0.717, 1.165) is 24.4 Å². The molecule has 1 fully saturated rings. The number of hydrogen-bond donors (Lipinski definition) is 1. The van der Waals surface area contributed by atoms with Crippen LogP contribution in [0.4, 0.5) is 0 Å². The summed E-state index contributed by atoms with van der Waals surface area (Å²) in [5.41, 5.74) is 8.24. The topological polar surface area (TPSA) is 53.1 Å². The summed E-state index contributed by atoms with van der Waals surface area (Å²) in [5.74, 6) is 3.16. The largest absolute Gasteiger partial charge is 0.497 e. The number of hydrogen-bond acceptors (Lipinski definition) is 3. The number of nitrogens with zero attached hydrogens (tertiary/aromatic N) is 2. The van der Waals surface area contributed by atoms with Gasteiger partial charge < -0.3 is 15.0 Å². The Morgan fingerprint density at radius 2 is 2.14 bits per heavy atom. The van der Waals surface area contributed by atoms with E-state index < -0.39 is 0 Å². The Morgan fingerprint density at radius 3 is 2.86 bits per heavy atom. The average Bonchev–Trinajstić information content (AvgIpc) is 2.91. The molecular weight excluding hydrogens is 262 g/mol. The zero-order valence-electron chi connectivity index (χ0n) is 13.0. The van der Waals surface area contributed by atoms with Crippen LogP contribution < -0.4 is 10.5 Å². The molecule has 1 heterocycles. The third kappa shape index (κ3) is 2.53. The van der Waals surface area contributed by atoms with Crippen molar-refractivity contribution in [3.63, 3.8) is 0 Å². The number of methoxy groups -OCH3 is 1. The molecule has 2 N–H and O–H groups in total. The van der Waals surface area contributed by atoms with Gasteiger partial charge in [0.25, 0.3) is 0 Å². The molecule has 1 aromatic heterocycles. The molecule has 0 radical (unpaired) electrons. The van der Waals surface area contributed by atoms with Gasteiger partial charge in [-0.25, -0.2) is 4.98 Å². The summed E-state index contributed by atoms with van der Waals surface area (Å²) in [6, 6.07) is 6.17. The lowest BCUT2D eigenvalue weighted by Gasteiger charge is -2.30. The third-order valence-corrected chi connectivity index (χ3v) is 4.84. The van der Waals surface area contributed by atoms with Crippen LogP contribution in [0.1, 0.15) is 44.3 Å². The molecule has 114 valence electrons. The second-order valence-electron chi connectivity index (χ2n) is 5.96. The normalized spacial score (nSPS) is 22.6. The molecule has 2 unspecified atom stereocenters. The lowest BCUT2D eigenvalue weighted by Crippen LogP contribution is -2.27. The lowest BCUT2D eigenvalue weighted by atomic mass is 9.78. The Labute approximate surface area is 126 Å². The van der Waals surface area contributed by atoms with E-state index in [4.69, 9.17) is 15.5 Å². The van der Waals surface area contributed by atoms with E-state index >= 15 is 0 Å². The van der Waals surface area contributed by atoms with Crippen LogP contribution in [0.15, 0.2) is 18.2 Å². The van der Waals surface area contributed by atoms with Gasteiger partial charge in [0.05, 0.1) is 18.1 Å². The van der Waals surface area contributed by atoms with Gasteiger partial charge in [0, 0.05) is 18.5 Å². The van der Waals surface area contributed by atoms with Gasteiger partial charge in [-0.2, -0.15) is 0 Å². The maximum absolute atomic E-state index is 6.01. The summed E-state index contributed by atoms with van der Waals surface area (Å²) in [4.78, 5) is 4.94. The number of ether oxygens (including phenoxy) is 1. The van der Waals surface area contributed by atoms with Crippen LogP contribution in [0.5, 0.6) is 5.75 Å². The van der Waals surface area contributed by atoms with E-state index in [9.17, 15) is 0 Å². The Bertz CT molecular complexity index is 620. The van der Waals surface area contributed by atoms with Crippen molar-refractivity contribution in [3.8, 4) is 5.75 Å². The van der Waals surface area contributed by atoms with Crippen LogP contribution in [0.25, 0.3) is 11.0 Å². The highest BCUT2D eigenvalue weighted by Gasteiger charge is 2.29. The predicted octanol–water partition coefficient (Wildman–Crippen LogP) is 3.30. The Hall–Kier alpha value is -1.55. The van der Waals surface area contributed by atoms with E-state index in [2.05, 4.69) is 17.6 Å². The van der Waals surface area contributed by atoms with Gasteiger partial charge in [-0.05, 0) is 44.4 Å². The molecule has 2 aromatic rings. The minimum absolute atomic E-state index is 0.502. The monoisotopic (exact) mass is 287 g/mol. The van der Waals surface area contributed by atoms with Gasteiger partial charge >= 0.3 is 0 Å². The number of aromatic nitrogens is 2. The van der Waals surface area contributed by atoms with Gasteiger partial charge in [-0.15, -0.1) is 0 Å². The first-order valence-corrected chi connectivity index (χ1v) is 8.02. The van der Waals surface area contributed by atoms with Crippen molar-refractivity contribution in [3.05, 3.63) is 24.0 Å². The van der Waals surface area contributed by atoms with Crippen molar-refractivity contribution < 1.29 is 4.74 Å². The Balaban J connectivity index is 2.08. The summed E-state index contributed by atoms with van der Waals surface area (Å²) in [7, 11) is 1.70. The predicted molar refractivity (Wildman–Crippen MR) is 85.7 cm³/mol. The molecule has 1 aromatic carbocycles. The van der Waals surface area contributed by atoms with E-state index in [-0.39, 0.29) is 0 Å². The molecule has 4 heteroatoms. The van der Waals surface area contributed by atoms with Gasteiger partial charge in [0.2, 0.25) is 0 Å². The molecule has 3 rings (SSSR count). The maximum Gasteiger partial charge on any atom is 0.121 e. The molecule has 1 aliphatic rings. The van der Waals surface area contributed by atoms with Crippen LogP contribution in [-0.4, -0.2) is 23.2 Å². The van der Waals surface area contributed by atoms with Crippen molar-refractivity contribution in [2.24, 2.45) is 11.7 Å². The Morgan fingerprint density at radius 1 is 1.33 bits per heavy atom. The van der Waals surface area contributed by atoms with E-state index in [1.807, 2.05) is 12.1 Å². The highest BCUT2D eigenvalue weighted by Crippen LogP contribution is 2.38. The first kappa shape index (κ1) is 14.4. The first-order valence-electron chi connectivity index (χ1n) is 8.02. The lowest BCUT2D eigenvalue weighted by molar-refractivity contribution is 0.299. The molecule has 4 nitrogen and oxygen atoms in total. The van der Waals surface area contributed by atoms with Crippen molar-refractivity contribution in [2.45, 2.75) is 45.1 Å². The number of imidazole rings is 1. The fourth-order valence-corrected chi connectivity index (χ4v) is 3.70. The minimum Gasteiger partial charge on any atom is -0.497 e. The number of rotatable bonds is 4. The summed E-state index contributed by atoms with van der Waals surface area (Å²) in [6.07, 6.45) is 5.04. The van der Waals surface area contributed by atoms with Crippen LogP contribution in [0.3, 0.4) is 0 Å². The molecule has 0 bridgehead atoms. The zero-order chi connectivity index (χ0) is 14.8. The molecule has 1 aliphatic carbocycles. The molecule has 0 amide bonds. The standard InChI is InChI=1S/C17H25N3O/c1-3-20-16-9-8-13(21-2)10-15(16)19-17(20)14-7-5-4-6-12(14)11-18/h8-10,12,14H,3-7,11,18H2,1-2H3. The molecule has 0 saturated heterocycles. The van der Waals surface area contributed by atoms with Crippen LogP contribution in [0.2, 0.25) is 0 Å². The third-order valence-electron chi connectivity index (χ3n) is 4.84. The molecule has 0 aliphatic heterocycles. The summed E-state index contributed by atoms with van der Waals surface area (Å²) in [6.45, 7) is 3.90. The van der Waals surface area contributed by atoms with E-state index in [0.29, 0.717) is 11.8 Å². The maximum atomic E-state index is 6.01. The van der Waals surface area contributed by atoms with Crippen LogP contribution in [-0.2, 0) is 6.54 Å². The summed E-state index contributed by atoms with van der Waals surface area (Å²) in [5, 5.41) is 0. The summed E-state index contributed by atoms with van der Waals surface area (Å²) < 4.78 is 7.68. The zero-order valence-corrected chi connectivity index (χ0v) is 13.0. The number of fused-ring (bicyclic) bond motifs is 1. The van der Waals surface area contributed by atoms with Gasteiger partial charge in [-0.1, -0.05) is 12.8 Å². The molecular formula is C17H25N3O. The van der Waals surface area contributed by atoms with Crippen molar-refractivity contribution in [1.29, 1.82) is 0 Å². The second kappa shape index (κ2) is 6.06.